The molecule has 0 saturated carbocycles. The number of hydrogen-bond donors (Lipinski definition) is 1. The molecule has 1 amide bonds. The average Bonchev–Trinajstić information content (AvgIpc) is 2.36. The maximum absolute atomic E-state index is 12.0. The van der Waals surface area contributed by atoms with Gasteiger partial charge in [0, 0.05) is 19.1 Å². The molecule has 128 valence electrons. The summed E-state index contributed by atoms with van der Waals surface area (Å²) in [5.74, 6) is -1.44. The zero-order chi connectivity index (χ0) is 17.0. The van der Waals surface area contributed by atoms with Crippen molar-refractivity contribution in [2.75, 3.05) is 26.0 Å². The van der Waals surface area contributed by atoms with Crippen molar-refractivity contribution in [3.63, 3.8) is 0 Å². The molecule has 0 aromatic heterocycles. The van der Waals surface area contributed by atoms with Gasteiger partial charge in [-0.3, -0.25) is 4.79 Å². The van der Waals surface area contributed by atoms with Crippen LogP contribution in [0.15, 0.2) is 0 Å². The standard InChI is InChI=1S/C13H24N2O6S/c1-13(2,3)21-12(17)14-10-5-7-15(8-6-10)22(18,19)9-11(16)20-4/h10H,5-9H2,1-4H3,(H,14,17). The molecule has 1 fully saturated rings. The van der Waals surface area contributed by atoms with Crippen LogP contribution in [-0.4, -0.2) is 62.4 Å². The van der Waals surface area contributed by atoms with Crippen molar-refractivity contribution in [3.8, 4) is 0 Å². The number of ether oxygens (including phenoxy) is 2. The first-order valence-corrected chi connectivity index (χ1v) is 8.68. The van der Waals surface area contributed by atoms with Gasteiger partial charge in [0.1, 0.15) is 5.60 Å². The number of hydrogen-bond acceptors (Lipinski definition) is 6. The lowest BCUT2D eigenvalue weighted by Gasteiger charge is -2.31. The van der Waals surface area contributed by atoms with Crippen molar-refractivity contribution in [3.05, 3.63) is 0 Å². The van der Waals surface area contributed by atoms with Gasteiger partial charge in [0.25, 0.3) is 0 Å². The summed E-state index contributed by atoms with van der Waals surface area (Å²) in [4.78, 5) is 22.8. The Morgan fingerprint density at radius 3 is 2.23 bits per heavy atom. The number of sulfonamides is 1. The second kappa shape index (κ2) is 7.28. The topological polar surface area (TPSA) is 102 Å². The molecule has 0 atom stereocenters. The van der Waals surface area contributed by atoms with Crippen LogP contribution in [0.4, 0.5) is 4.79 Å². The molecule has 1 heterocycles. The average molecular weight is 336 g/mol. The highest BCUT2D eigenvalue weighted by Crippen LogP contribution is 2.15. The molecular weight excluding hydrogens is 312 g/mol. The summed E-state index contributed by atoms with van der Waals surface area (Å²) in [6, 6.07) is -0.139. The van der Waals surface area contributed by atoms with Gasteiger partial charge in [-0.05, 0) is 33.6 Å². The van der Waals surface area contributed by atoms with Crippen molar-refractivity contribution in [2.45, 2.75) is 45.3 Å². The second-order valence-electron chi connectivity index (χ2n) is 6.15. The van der Waals surface area contributed by atoms with Crippen LogP contribution in [0.1, 0.15) is 33.6 Å². The van der Waals surface area contributed by atoms with Crippen molar-refractivity contribution in [1.82, 2.24) is 9.62 Å². The highest BCUT2D eigenvalue weighted by molar-refractivity contribution is 7.89. The molecule has 1 rings (SSSR count). The van der Waals surface area contributed by atoms with E-state index in [9.17, 15) is 18.0 Å². The molecule has 1 aliphatic heterocycles. The number of piperidine rings is 1. The number of esters is 1. The largest absolute Gasteiger partial charge is 0.468 e. The minimum atomic E-state index is -3.66. The van der Waals surface area contributed by atoms with Crippen LogP contribution in [0.5, 0.6) is 0 Å². The summed E-state index contributed by atoms with van der Waals surface area (Å²) in [6.45, 7) is 5.82. The lowest BCUT2D eigenvalue weighted by atomic mass is 10.1. The molecule has 22 heavy (non-hydrogen) atoms. The van der Waals surface area contributed by atoms with Gasteiger partial charge < -0.3 is 14.8 Å². The van der Waals surface area contributed by atoms with Gasteiger partial charge >= 0.3 is 12.1 Å². The summed E-state index contributed by atoms with van der Waals surface area (Å²) in [5, 5.41) is 2.73. The van der Waals surface area contributed by atoms with E-state index in [0.717, 1.165) is 7.11 Å². The van der Waals surface area contributed by atoms with Crippen LogP contribution >= 0.6 is 0 Å². The molecule has 8 nitrogen and oxygen atoms in total. The Labute approximate surface area is 131 Å². The first kappa shape index (κ1) is 18.7. The predicted octanol–water partition coefficient (Wildman–Crippen LogP) is 0.478. The highest BCUT2D eigenvalue weighted by Gasteiger charge is 2.31. The third-order valence-corrected chi connectivity index (χ3v) is 4.85. The molecule has 0 aromatic rings. The SMILES string of the molecule is COC(=O)CS(=O)(=O)N1CCC(NC(=O)OC(C)(C)C)CC1. The zero-order valence-electron chi connectivity index (χ0n) is 13.4. The quantitative estimate of drug-likeness (QED) is 0.749. The van der Waals surface area contributed by atoms with Crippen molar-refractivity contribution < 1.29 is 27.5 Å². The monoisotopic (exact) mass is 336 g/mol. The molecule has 1 aliphatic rings. The summed E-state index contributed by atoms with van der Waals surface area (Å²) in [5.41, 5.74) is -0.575. The fraction of sp³-hybridized carbons (Fsp3) is 0.846. The zero-order valence-corrected chi connectivity index (χ0v) is 14.2. The molecule has 0 bridgehead atoms. The molecule has 1 N–H and O–H groups in total. The number of nitrogens with zero attached hydrogens (tertiary/aromatic N) is 1. The first-order chi connectivity index (χ1) is 10.0. The lowest BCUT2D eigenvalue weighted by molar-refractivity contribution is -0.137. The first-order valence-electron chi connectivity index (χ1n) is 7.07. The third kappa shape index (κ3) is 6.18. The Hall–Kier alpha value is -1.35. The maximum Gasteiger partial charge on any atom is 0.407 e. The van der Waals surface area contributed by atoms with E-state index in [1.807, 2.05) is 0 Å². The van der Waals surface area contributed by atoms with Crippen LogP contribution in [-0.2, 0) is 24.3 Å². The van der Waals surface area contributed by atoms with E-state index < -0.39 is 33.4 Å². The van der Waals surface area contributed by atoms with Gasteiger partial charge in [0.05, 0.1) is 7.11 Å². The van der Waals surface area contributed by atoms with Gasteiger partial charge in [0.2, 0.25) is 10.0 Å². The number of rotatable bonds is 4. The molecule has 9 heteroatoms. The molecular formula is C13H24N2O6S. The number of nitrogens with one attached hydrogen (secondary N) is 1. The highest BCUT2D eigenvalue weighted by atomic mass is 32.2. The molecule has 0 unspecified atom stereocenters. The lowest BCUT2D eigenvalue weighted by Crippen LogP contribution is -2.48. The molecule has 0 radical (unpaired) electrons. The Balaban J connectivity index is 2.46. The van der Waals surface area contributed by atoms with Gasteiger partial charge in [-0.15, -0.1) is 0 Å². The number of carbonyl (C=O) groups excluding carboxylic acids is 2. The fourth-order valence-corrected chi connectivity index (χ4v) is 3.42. The number of carbonyl (C=O) groups is 2. The number of alkyl carbamates (subject to hydrolysis) is 1. The van der Waals surface area contributed by atoms with Gasteiger partial charge in [-0.1, -0.05) is 0 Å². The second-order valence-corrected chi connectivity index (χ2v) is 8.12. The van der Waals surface area contributed by atoms with E-state index in [4.69, 9.17) is 4.74 Å². The van der Waals surface area contributed by atoms with Crippen LogP contribution in [0.25, 0.3) is 0 Å². The summed E-state index contributed by atoms with van der Waals surface area (Å²) in [6.07, 6.45) is 0.433. The molecule has 0 aliphatic carbocycles. The van der Waals surface area contributed by atoms with Crippen LogP contribution < -0.4 is 5.32 Å². The Morgan fingerprint density at radius 2 is 1.77 bits per heavy atom. The number of methoxy groups -OCH3 is 1. The summed E-state index contributed by atoms with van der Waals surface area (Å²) < 4.78 is 34.8. The van der Waals surface area contributed by atoms with Crippen LogP contribution in [0.3, 0.4) is 0 Å². The van der Waals surface area contributed by atoms with E-state index in [2.05, 4.69) is 10.1 Å². The Bertz CT molecular complexity index is 503. The molecule has 0 aromatic carbocycles. The molecule has 0 spiro atoms. The third-order valence-electron chi connectivity index (χ3n) is 3.10. The van der Waals surface area contributed by atoms with Crippen LogP contribution in [0.2, 0.25) is 0 Å². The van der Waals surface area contributed by atoms with Crippen molar-refractivity contribution in [1.29, 1.82) is 0 Å². The van der Waals surface area contributed by atoms with Gasteiger partial charge in [-0.2, -0.15) is 0 Å². The van der Waals surface area contributed by atoms with E-state index >= 15 is 0 Å². The van der Waals surface area contributed by atoms with E-state index in [1.54, 1.807) is 20.8 Å². The summed E-state index contributed by atoms with van der Waals surface area (Å²) in [7, 11) is -2.51. The fourth-order valence-electron chi connectivity index (χ4n) is 2.05. The van der Waals surface area contributed by atoms with Gasteiger partial charge in [0.15, 0.2) is 5.75 Å². The van der Waals surface area contributed by atoms with Gasteiger partial charge in [-0.25, -0.2) is 17.5 Å². The molecule has 1 saturated heterocycles. The van der Waals surface area contributed by atoms with Crippen LogP contribution in [0, 0.1) is 0 Å². The maximum atomic E-state index is 12.0. The predicted molar refractivity (Wildman–Crippen MR) is 79.8 cm³/mol. The Kier molecular flexibility index (Phi) is 6.18. The van der Waals surface area contributed by atoms with E-state index in [-0.39, 0.29) is 19.1 Å². The number of amides is 1. The minimum absolute atomic E-state index is 0.139. The van der Waals surface area contributed by atoms with Crippen molar-refractivity contribution in [2.24, 2.45) is 0 Å². The van der Waals surface area contributed by atoms with E-state index in [1.165, 1.54) is 4.31 Å². The Morgan fingerprint density at radius 1 is 1.23 bits per heavy atom. The smallest absolute Gasteiger partial charge is 0.407 e. The normalized spacial score (nSPS) is 17.8. The summed E-state index contributed by atoms with van der Waals surface area (Å²) >= 11 is 0. The minimum Gasteiger partial charge on any atom is -0.468 e. The van der Waals surface area contributed by atoms with E-state index in [0.29, 0.717) is 12.8 Å². The van der Waals surface area contributed by atoms with Crippen molar-refractivity contribution >= 4 is 22.1 Å².